The Morgan fingerprint density at radius 3 is 2.43 bits per heavy atom. The molecule has 1 saturated carbocycles. The number of sulfonamides is 1. The van der Waals surface area contributed by atoms with Gasteiger partial charge in [0.1, 0.15) is 0 Å². The average Bonchev–Trinajstić information content (AvgIpc) is 2.83. The second-order valence-electron chi connectivity index (χ2n) is 6.64. The van der Waals surface area contributed by atoms with E-state index in [0.29, 0.717) is 23.8 Å². The van der Waals surface area contributed by atoms with E-state index in [1.807, 2.05) is 12.1 Å². The fourth-order valence-electron chi connectivity index (χ4n) is 3.65. The molecule has 3 unspecified atom stereocenters. The first-order valence-corrected chi connectivity index (χ1v) is 9.12. The predicted octanol–water partition coefficient (Wildman–Crippen LogP) is 2.28. The van der Waals surface area contributed by atoms with E-state index >= 15 is 0 Å². The van der Waals surface area contributed by atoms with Gasteiger partial charge in [-0.1, -0.05) is 13.8 Å². The monoisotopic (exact) mass is 310 g/mol. The number of rotatable bonds is 4. The van der Waals surface area contributed by atoms with E-state index in [2.05, 4.69) is 23.9 Å². The summed E-state index contributed by atoms with van der Waals surface area (Å²) in [7, 11) is -3.22. The van der Waals surface area contributed by atoms with Gasteiger partial charge < -0.3 is 10.1 Å². The highest BCUT2D eigenvalue weighted by atomic mass is 32.2. The summed E-state index contributed by atoms with van der Waals surface area (Å²) in [6, 6.07) is 7.77. The van der Waals surface area contributed by atoms with Crippen molar-refractivity contribution >= 4 is 21.4 Å². The van der Waals surface area contributed by atoms with Crippen LogP contribution < -0.4 is 10.0 Å². The molecule has 3 rings (SSSR count). The summed E-state index contributed by atoms with van der Waals surface area (Å²) in [5, 5.41) is 3.57. The molecular formula is C15H22N2O3S. The van der Waals surface area contributed by atoms with Crippen LogP contribution in [0.3, 0.4) is 0 Å². The zero-order valence-corrected chi connectivity index (χ0v) is 13.4. The molecule has 2 fully saturated rings. The minimum absolute atomic E-state index is 0.130. The number of benzene rings is 1. The van der Waals surface area contributed by atoms with Crippen LogP contribution in [0.1, 0.15) is 20.3 Å². The highest BCUT2D eigenvalue weighted by Crippen LogP contribution is 2.53. The molecule has 0 bridgehead atoms. The lowest BCUT2D eigenvalue weighted by atomic mass is 9.57. The number of nitrogens with one attached hydrogen (secondary N) is 2. The van der Waals surface area contributed by atoms with Crippen LogP contribution in [0.2, 0.25) is 0 Å². The Kier molecular flexibility index (Phi) is 3.41. The van der Waals surface area contributed by atoms with E-state index in [0.717, 1.165) is 25.0 Å². The molecule has 2 aliphatic rings. The highest BCUT2D eigenvalue weighted by molar-refractivity contribution is 7.92. The Bertz CT molecular complexity index is 625. The molecule has 0 aromatic heterocycles. The number of anilines is 2. The smallest absolute Gasteiger partial charge is 0.229 e. The average molecular weight is 310 g/mol. The van der Waals surface area contributed by atoms with E-state index in [9.17, 15) is 8.42 Å². The third-order valence-electron chi connectivity index (χ3n) is 4.61. The summed E-state index contributed by atoms with van der Waals surface area (Å²) in [5.74, 6) is 0.578. The molecule has 21 heavy (non-hydrogen) atoms. The van der Waals surface area contributed by atoms with Crippen molar-refractivity contribution < 1.29 is 13.2 Å². The second kappa shape index (κ2) is 4.88. The Morgan fingerprint density at radius 1 is 1.19 bits per heavy atom. The van der Waals surface area contributed by atoms with Crippen LogP contribution in [0, 0.1) is 11.3 Å². The van der Waals surface area contributed by atoms with Crippen molar-refractivity contribution in [3.8, 4) is 0 Å². The van der Waals surface area contributed by atoms with Gasteiger partial charge in [0, 0.05) is 35.4 Å². The van der Waals surface area contributed by atoms with Crippen LogP contribution in [0.25, 0.3) is 0 Å². The fraction of sp³-hybridized carbons (Fsp3) is 0.600. The number of hydrogen-bond acceptors (Lipinski definition) is 4. The van der Waals surface area contributed by atoms with Crippen LogP contribution in [-0.4, -0.2) is 33.4 Å². The summed E-state index contributed by atoms with van der Waals surface area (Å²) in [4.78, 5) is 0. The van der Waals surface area contributed by atoms with Crippen molar-refractivity contribution in [2.75, 3.05) is 22.9 Å². The maximum atomic E-state index is 11.2. The summed E-state index contributed by atoms with van der Waals surface area (Å²) < 4.78 is 30.6. The lowest BCUT2D eigenvalue weighted by Crippen LogP contribution is -2.63. The van der Waals surface area contributed by atoms with Crippen LogP contribution in [-0.2, 0) is 14.8 Å². The van der Waals surface area contributed by atoms with Crippen molar-refractivity contribution in [2.45, 2.75) is 32.4 Å². The predicted molar refractivity (Wildman–Crippen MR) is 83.9 cm³/mol. The number of ether oxygens (including phenoxy) is 1. The molecule has 1 aliphatic carbocycles. The van der Waals surface area contributed by atoms with Crippen LogP contribution in [0.15, 0.2) is 24.3 Å². The van der Waals surface area contributed by atoms with Crippen LogP contribution >= 0.6 is 0 Å². The van der Waals surface area contributed by atoms with E-state index in [1.54, 1.807) is 12.1 Å². The number of hydrogen-bond donors (Lipinski definition) is 2. The topological polar surface area (TPSA) is 67.4 Å². The minimum atomic E-state index is -3.22. The summed E-state index contributed by atoms with van der Waals surface area (Å²) in [5.41, 5.74) is 1.72. The molecule has 1 aromatic carbocycles. The van der Waals surface area contributed by atoms with Gasteiger partial charge in [-0.05, 0) is 30.7 Å². The highest BCUT2D eigenvalue weighted by Gasteiger charge is 2.59. The van der Waals surface area contributed by atoms with Gasteiger partial charge in [-0.2, -0.15) is 0 Å². The Hall–Kier alpha value is -1.27. The summed E-state index contributed by atoms with van der Waals surface area (Å²) in [6.45, 7) is 5.32. The zero-order chi connectivity index (χ0) is 15.3. The van der Waals surface area contributed by atoms with E-state index < -0.39 is 10.0 Å². The third-order valence-corrected chi connectivity index (χ3v) is 5.22. The van der Waals surface area contributed by atoms with Gasteiger partial charge in [0.2, 0.25) is 10.0 Å². The molecule has 0 radical (unpaired) electrons. The molecule has 1 heterocycles. The molecule has 116 valence electrons. The van der Waals surface area contributed by atoms with Gasteiger partial charge in [0.05, 0.1) is 12.4 Å². The minimum Gasteiger partial charge on any atom is -0.381 e. The molecule has 2 N–H and O–H groups in total. The maximum Gasteiger partial charge on any atom is 0.229 e. The largest absolute Gasteiger partial charge is 0.381 e. The quantitative estimate of drug-likeness (QED) is 0.895. The van der Waals surface area contributed by atoms with Gasteiger partial charge in [-0.3, -0.25) is 4.72 Å². The molecule has 0 spiro atoms. The van der Waals surface area contributed by atoms with E-state index in [-0.39, 0.29) is 5.41 Å². The first kappa shape index (κ1) is 14.7. The SMILES string of the molecule is CC1(C)C(Nc2ccc(NS(C)(=O)=O)cc2)C2CCOC21. The van der Waals surface area contributed by atoms with Gasteiger partial charge in [0.25, 0.3) is 0 Å². The lowest BCUT2D eigenvalue weighted by molar-refractivity contribution is -0.0923. The van der Waals surface area contributed by atoms with Crippen molar-refractivity contribution in [3.05, 3.63) is 24.3 Å². The summed E-state index contributed by atoms with van der Waals surface area (Å²) in [6.07, 6.45) is 2.62. The fourth-order valence-corrected chi connectivity index (χ4v) is 4.21. The van der Waals surface area contributed by atoms with Crippen molar-refractivity contribution in [1.29, 1.82) is 0 Å². The van der Waals surface area contributed by atoms with Crippen LogP contribution in [0.5, 0.6) is 0 Å². The molecule has 6 heteroatoms. The molecule has 1 aromatic rings. The van der Waals surface area contributed by atoms with Gasteiger partial charge in [-0.25, -0.2) is 8.42 Å². The molecule has 5 nitrogen and oxygen atoms in total. The van der Waals surface area contributed by atoms with E-state index in [4.69, 9.17) is 4.74 Å². The Balaban J connectivity index is 1.68. The second-order valence-corrected chi connectivity index (χ2v) is 8.39. The zero-order valence-electron chi connectivity index (χ0n) is 12.6. The van der Waals surface area contributed by atoms with E-state index in [1.165, 1.54) is 0 Å². The molecule has 1 aliphatic heterocycles. The molecule has 0 amide bonds. The Labute approximate surface area is 126 Å². The standard InChI is InChI=1S/C15H22N2O3S/c1-15(2)13(12-8-9-20-14(12)15)16-10-4-6-11(7-5-10)17-21(3,18)19/h4-7,12-14,16-17H,8-9H2,1-3H3. The third kappa shape index (κ3) is 2.74. The summed E-state index contributed by atoms with van der Waals surface area (Å²) >= 11 is 0. The van der Waals surface area contributed by atoms with Crippen LogP contribution in [0.4, 0.5) is 11.4 Å². The van der Waals surface area contributed by atoms with Gasteiger partial charge in [0.15, 0.2) is 0 Å². The molecule has 1 saturated heterocycles. The molecule has 3 atom stereocenters. The van der Waals surface area contributed by atoms with Crippen molar-refractivity contribution in [1.82, 2.24) is 0 Å². The maximum absolute atomic E-state index is 11.2. The normalized spacial score (nSPS) is 30.3. The van der Waals surface area contributed by atoms with Crippen molar-refractivity contribution in [3.63, 3.8) is 0 Å². The van der Waals surface area contributed by atoms with Crippen molar-refractivity contribution in [2.24, 2.45) is 11.3 Å². The first-order valence-electron chi connectivity index (χ1n) is 7.23. The molecular weight excluding hydrogens is 288 g/mol. The number of fused-ring (bicyclic) bond motifs is 1. The first-order chi connectivity index (χ1) is 9.77. The van der Waals surface area contributed by atoms with Gasteiger partial charge in [-0.15, -0.1) is 0 Å². The van der Waals surface area contributed by atoms with Gasteiger partial charge >= 0.3 is 0 Å². The Morgan fingerprint density at radius 2 is 1.81 bits per heavy atom. The lowest BCUT2D eigenvalue weighted by Gasteiger charge is -2.55.